The van der Waals surface area contributed by atoms with E-state index in [1.165, 1.54) is 32.6 Å². The molecule has 0 saturated carbocycles. The summed E-state index contributed by atoms with van der Waals surface area (Å²) in [6.07, 6.45) is 0. The number of hydrogen-bond acceptors (Lipinski definition) is 7. The highest BCUT2D eigenvalue weighted by atomic mass is 15.2. The van der Waals surface area contributed by atoms with Crippen molar-refractivity contribution in [3.63, 3.8) is 0 Å². The van der Waals surface area contributed by atoms with Crippen molar-refractivity contribution in [2.24, 2.45) is 0 Å². The summed E-state index contributed by atoms with van der Waals surface area (Å²) in [5.41, 5.74) is 29.6. The zero-order valence-electron chi connectivity index (χ0n) is 68.7. The third kappa shape index (κ3) is 14.4. The van der Waals surface area contributed by atoms with Crippen LogP contribution in [0.4, 0.5) is 51.2 Å². The molecule has 0 atom stereocenters. The van der Waals surface area contributed by atoms with Crippen LogP contribution in [0.25, 0.3) is 150 Å². The molecule has 10 heteroatoms. The smallest absolute Gasteiger partial charge is 0.160 e. The number of para-hydroxylation sites is 8. The molecule has 0 fully saturated rings. The lowest BCUT2D eigenvalue weighted by atomic mass is 10.1. The average molecular weight is 1610 g/mol. The summed E-state index contributed by atoms with van der Waals surface area (Å²) >= 11 is 0. The Bertz CT molecular complexity index is 7410. The molecule has 0 aliphatic heterocycles. The predicted octanol–water partition coefficient (Wildman–Crippen LogP) is 30.7. The van der Waals surface area contributed by atoms with Gasteiger partial charge in [-0.25, -0.2) is 19.9 Å². The molecule has 18 aromatic carbocycles. The summed E-state index contributed by atoms with van der Waals surface area (Å²) in [4.78, 5) is 27.3. The first kappa shape index (κ1) is 75.2. The quantitative estimate of drug-likeness (QED) is 0.0847. The van der Waals surface area contributed by atoms with E-state index in [4.69, 9.17) is 19.9 Å². The lowest BCUT2D eigenvalue weighted by molar-refractivity contribution is 1.16. The van der Waals surface area contributed by atoms with Crippen LogP contribution in [0.3, 0.4) is 0 Å². The molecule has 0 aliphatic carbocycles. The standard InChI is InChI=1S/C58H39N5.C58H41N5/c1-5-17-40(18-6-1)52-39-53(60-58(59-52)42-19-7-2-8-20-42)41-29-31-45(32-30-41)62-56-35-33-46(61(43-21-9-3-10-22-43)44-23-11-4-12-24-44)37-50(56)51-38-47(34-36-57(51)62)63-54-27-15-13-25-48(54)49-26-14-16-28-55(49)63;1-7-19-42(20-8-1)54-41-55(60-58(59-54)44-21-9-2-10-22-44)43-31-33-49(34-32-43)63-56-37-35-50(61(45-23-11-3-12-24-45)46-25-13-4-14-26-46)39-52(56)53-40-51(36-38-57(53)63)62(47-27-15-5-16-28-47)48-29-17-6-18-30-48/h1-39H;1-41H. The Hall–Kier alpha value is -17.1. The first-order chi connectivity index (χ1) is 62.5. The van der Waals surface area contributed by atoms with Crippen LogP contribution in [-0.2, 0) is 0 Å². The minimum atomic E-state index is 0.699. The number of rotatable bonds is 18. The Labute approximate surface area is 730 Å². The zero-order chi connectivity index (χ0) is 83.6. The molecular formula is C116H80N10. The lowest BCUT2D eigenvalue weighted by Gasteiger charge is -2.26. The van der Waals surface area contributed by atoms with Gasteiger partial charge in [0.1, 0.15) is 0 Å². The molecule has 23 rings (SSSR count). The maximum atomic E-state index is 5.12. The van der Waals surface area contributed by atoms with Crippen molar-refractivity contribution in [3.05, 3.63) is 485 Å². The van der Waals surface area contributed by atoms with E-state index in [2.05, 4.69) is 453 Å². The summed E-state index contributed by atoms with van der Waals surface area (Å²) in [6.45, 7) is 0. The maximum absolute atomic E-state index is 5.12. The Morgan fingerprint density at radius 2 is 0.357 bits per heavy atom. The molecule has 0 spiro atoms. The molecule has 10 nitrogen and oxygen atoms in total. The molecule has 5 aromatic heterocycles. The van der Waals surface area contributed by atoms with Gasteiger partial charge in [-0.15, -0.1) is 0 Å². The SMILES string of the molecule is c1ccc(-c2cc(-c3ccc(-n4c5ccc(N(c6ccccc6)c6ccccc6)cc5c5cc(-n6c7ccccc7c7ccccc76)ccc54)cc3)nc(-c3ccccc3)n2)cc1.c1ccc(-c2cc(-c3ccc(-n4c5ccc(N(c6ccccc6)c6ccccc6)cc5c5cc(N(c6ccccc6)c6ccccc6)ccc54)cc3)nc(-c3ccccc3)n2)cc1. The van der Waals surface area contributed by atoms with Crippen LogP contribution >= 0.6 is 0 Å². The third-order valence-electron chi connectivity index (χ3n) is 23.7. The summed E-state index contributed by atoms with van der Waals surface area (Å²) in [6, 6.07) is 171. The average Bonchev–Trinajstić information content (AvgIpc) is 1.58. The fraction of sp³-hybridized carbons (Fsp3) is 0. The van der Waals surface area contributed by atoms with E-state index in [1.54, 1.807) is 0 Å². The number of fused-ring (bicyclic) bond motifs is 9. The van der Waals surface area contributed by atoms with Gasteiger partial charge >= 0.3 is 0 Å². The summed E-state index contributed by atoms with van der Waals surface area (Å²) in [5, 5.41) is 7.14. The summed E-state index contributed by atoms with van der Waals surface area (Å²) < 4.78 is 7.19. The van der Waals surface area contributed by atoms with Crippen molar-refractivity contribution >= 4 is 117 Å². The molecule has 0 unspecified atom stereocenters. The number of hydrogen-bond donors (Lipinski definition) is 0. The van der Waals surface area contributed by atoms with Crippen LogP contribution in [0.2, 0.25) is 0 Å². The second-order valence-electron chi connectivity index (χ2n) is 31.3. The van der Waals surface area contributed by atoms with Crippen molar-refractivity contribution in [3.8, 4) is 84.9 Å². The van der Waals surface area contributed by atoms with E-state index < -0.39 is 0 Å². The van der Waals surface area contributed by atoms with Crippen molar-refractivity contribution in [2.75, 3.05) is 14.7 Å². The van der Waals surface area contributed by atoms with Gasteiger partial charge in [0, 0.05) is 134 Å². The minimum Gasteiger partial charge on any atom is -0.310 e. The van der Waals surface area contributed by atoms with Gasteiger partial charge in [-0.1, -0.05) is 291 Å². The number of nitrogens with zero attached hydrogens (tertiary/aromatic N) is 10. The van der Waals surface area contributed by atoms with Gasteiger partial charge in [-0.05, 0) is 194 Å². The highest BCUT2D eigenvalue weighted by molar-refractivity contribution is 6.15. The Balaban J connectivity index is 0.000000149. The van der Waals surface area contributed by atoms with Gasteiger partial charge < -0.3 is 28.4 Å². The van der Waals surface area contributed by atoms with Crippen LogP contribution < -0.4 is 14.7 Å². The van der Waals surface area contributed by atoms with Gasteiger partial charge in [-0.3, -0.25) is 0 Å². The largest absolute Gasteiger partial charge is 0.310 e. The van der Waals surface area contributed by atoms with Gasteiger partial charge in [-0.2, -0.15) is 0 Å². The van der Waals surface area contributed by atoms with Crippen molar-refractivity contribution in [1.29, 1.82) is 0 Å². The van der Waals surface area contributed by atoms with E-state index in [-0.39, 0.29) is 0 Å². The van der Waals surface area contributed by atoms with Crippen molar-refractivity contribution in [1.82, 2.24) is 33.6 Å². The molecule has 126 heavy (non-hydrogen) atoms. The van der Waals surface area contributed by atoms with Crippen molar-refractivity contribution in [2.45, 2.75) is 0 Å². The van der Waals surface area contributed by atoms with Crippen molar-refractivity contribution < 1.29 is 0 Å². The molecule has 0 saturated heterocycles. The number of anilines is 9. The molecule has 0 aliphatic rings. The predicted molar refractivity (Wildman–Crippen MR) is 524 cm³/mol. The molecule has 23 aromatic rings. The van der Waals surface area contributed by atoms with Gasteiger partial charge in [0.2, 0.25) is 0 Å². The van der Waals surface area contributed by atoms with Gasteiger partial charge in [0.05, 0.1) is 55.9 Å². The summed E-state index contributed by atoms with van der Waals surface area (Å²) in [5.74, 6) is 1.40. The fourth-order valence-corrected chi connectivity index (χ4v) is 17.8. The normalized spacial score (nSPS) is 11.3. The van der Waals surface area contributed by atoms with E-state index >= 15 is 0 Å². The minimum absolute atomic E-state index is 0.699. The van der Waals surface area contributed by atoms with E-state index in [9.17, 15) is 0 Å². The van der Waals surface area contributed by atoms with Crippen LogP contribution in [0.5, 0.6) is 0 Å². The fourth-order valence-electron chi connectivity index (χ4n) is 17.8. The van der Waals surface area contributed by atoms with Crippen LogP contribution in [-0.4, -0.2) is 33.6 Å². The van der Waals surface area contributed by atoms with E-state index in [0.717, 1.165) is 157 Å². The molecule has 5 heterocycles. The summed E-state index contributed by atoms with van der Waals surface area (Å²) in [7, 11) is 0. The second-order valence-corrected chi connectivity index (χ2v) is 31.3. The first-order valence-corrected chi connectivity index (χ1v) is 42.6. The van der Waals surface area contributed by atoms with Crippen LogP contribution in [0.15, 0.2) is 485 Å². The third-order valence-corrected chi connectivity index (χ3v) is 23.7. The van der Waals surface area contributed by atoms with Gasteiger partial charge in [0.25, 0.3) is 0 Å². The maximum Gasteiger partial charge on any atom is 0.160 e. The second kappa shape index (κ2) is 33.1. The molecule has 0 bridgehead atoms. The first-order valence-electron chi connectivity index (χ1n) is 42.6. The van der Waals surface area contributed by atoms with Gasteiger partial charge in [0.15, 0.2) is 11.6 Å². The number of aromatic nitrogens is 7. The topological polar surface area (TPSA) is 76.1 Å². The molecule has 0 N–H and O–H groups in total. The van der Waals surface area contributed by atoms with Crippen LogP contribution in [0.1, 0.15) is 0 Å². The Morgan fingerprint density at radius 3 is 0.651 bits per heavy atom. The monoisotopic (exact) mass is 1610 g/mol. The van der Waals surface area contributed by atoms with Crippen LogP contribution in [0, 0.1) is 0 Å². The zero-order valence-corrected chi connectivity index (χ0v) is 68.7. The number of benzene rings is 18. The molecular weight excluding hydrogens is 1530 g/mol. The molecule has 0 radical (unpaired) electrons. The Kier molecular flexibility index (Phi) is 19.8. The highest BCUT2D eigenvalue weighted by Crippen LogP contribution is 2.46. The molecule has 594 valence electrons. The molecule has 0 amide bonds. The Morgan fingerprint density at radius 1 is 0.143 bits per heavy atom. The highest BCUT2D eigenvalue weighted by Gasteiger charge is 2.25. The van der Waals surface area contributed by atoms with E-state index in [1.807, 2.05) is 60.7 Å². The van der Waals surface area contributed by atoms with E-state index in [0.29, 0.717) is 11.6 Å². The lowest BCUT2D eigenvalue weighted by Crippen LogP contribution is -2.09.